The molecule has 2 aromatic heterocycles. The number of hydrogen-bond acceptors (Lipinski definition) is 4. The van der Waals surface area contributed by atoms with Crippen molar-refractivity contribution in [3.63, 3.8) is 0 Å². The summed E-state index contributed by atoms with van der Waals surface area (Å²) >= 11 is 0. The number of hydrogen-bond donors (Lipinski definition) is 1. The molecule has 1 saturated carbocycles. The number of pyridine rings is 2. The van der Waals surface area contributed by atoms with Gasteiger partial charge in [0.15, 0.2) is 5.43 Å². The van der Waals surface area contributed by atoms with E-state index in [4.69, 9.17) is 9.72 Å². The lowest BCUT2D eigenvalue weighted by Gasteiger charge is -2.38. The Hall–Kier alpha value is -2.28. The van der Waals surface area contributed by atoms with Gasteiger partial charge in [0, 0.05) is 18.3 Å². The molecule has 0 amide bonds. The van der Waals surface area contributed by atoms with Gasteiger partial charge in [0.05, 0.1) is 23.7 Å². The summed E-state index contributed by atoms with van der Waals surface area (Å²) in [6, 6.07) is 3.48. The Morgan fingerprint density at radius 2 is 2.00 bits per heavy atom. The molecule has 1 aliphatic carbocycles. The van der Waals surface area contributed by atoms with Crippen LogP contribution < -0.4 is 10.2 Å². The molecule has 0 saturated heterocycles. The van der Waals surface area contributed by atoms with E-state index in [0.717, 1.165) is 29.3 Å². The highest BCUT2D eigenvalue weighted by Gasteiger charge is 2.34. The zero-order chi connectivity index (χ0) is 20.2. The lowest BCUT2D eigenvalue weighted by Crippen LogP contribution is -2.33. The summed E-state index contributed by atoms with van der Waals surface area (Å²) in [4.78, 5) is 28.6. The van der Waals surface area contributed by atoms with Gasteiger partial charge in [-0.1, -0.05) is 20.8 Å². The molecule has 7 heteroatoms. The highest BCUT2D eigenvalue weighted by Crippen LogP contribution is 2.43. The number of carboxylic acid groups (broad SMARTS) is 1. The van der Waals surface area contributed by atoms with E-state index in [0.29, 0.717) is 18.0 Å². The van der Waals surface area contributed by atoms with Gasteiger partial charge < -0.3 is 14.4 Å². The second-order valence-corrected chi connectivity index (χ2v) is 9.07. The molecule has 6 nitrogen and oxygen atoms in total. The van der Waals surface area contributed by atoms with Crippen molar-refractivity contribution in [2.45, 2.75) is 53.0 Å². The van der Waals surface area contributed by atoms with Crippen molar-refractivity contribution >= 4 is 19.5 Å². The maximum Gasteiger partial charge on any atom is 0.341 e. The molecule has 1 aliphatic heterocycles. The van der Waals surface area contributed by atoms with Crippen LogP contribution in [0, 0.1) is 18.3 Å². The number of nitrogens with zero attached hydrogens (tertiary/aromatic N) is 2. The fraction of sp³-hybridized carbons (Fsp3) is 0.500. The van der Waals surface area contributed by atoms with Crippen LogP contribution in [0.2, 0.25) is 0 Å². The smallest absolute Gasteiger partial charge is 0.341 e. The SMILES string of the molecule is Cc1nc2c(cc1OCC1CC1)C[C@@H](C(C)(C)C)n1cc(C(=O)O)c(=O)cc1-2.S. The Balaban J connectivity index is 0.00000240. The van der Waals surface area contributed by atoms with Crippen molar-refractivity contribution in [2.24, 2.45) is 11.3 Å². The van der Waals surface area contributed by atoms with E-state index in [2.05, 4.69) is 26.8 Å². The number of aromatic carboxylic acids is 1. The second kappa shape index (κ2) is 7.52. The molecule has 0 bridgehead atoms. The molecule has 0 radical (unpaired) electrons. The number of aryl methyl sites for hydroxylation is 1. The van der Waals surface area contributed by atoms with Crippen LogP contribution in [0.1, 0.15) is 61.3 Å². The average Bonchev–Trinajstić information content (AvgIpc) is 3.42. The fourth-order valence-corrected chi connectivity index (χ4v) is 3.83. The van der Waals surface area contributed by atoms with Gasteiger partial charge in [-0.15, -0.1) is 0 Å². The minimum Gasteiger partial charge on any atom is -0.491 e. The van der Waals surface area contributed by atoms with Crippen molar-refractivity contribution in [3.8, 4) is 17.1 Å². The van der Waals surface area contributed by atoms with Crippen molar-refractivity contribution in [1.82, 2.24) is 9.55 Å². The molecule has 0 unspecified atom stereocenters. The van der Waals surface area contributed by atoms with Gasteiger partial charge in [0.1, 0.15) is 11.3 Å². The molecule has 2 aromatic rings. The minimum atomic E-state index is -1.20. The molecule has 1 fully saturated rings. The molecule has 1 N–H and O–H groups in total. The van der Waals surface area contributed by atoms with E-state index >= 15 is 0 Å². The van der Waals surface area contributed by atoms with Crippen LogP contribution in [0.5, 0.6) is 5.75 Å². The Bertz CT molecular complexity index is 1020. The van der Waals surface area contributed by atoms with Crippen molar-refractivity contribution < 1.29 is 14.6 Å². The first-order valence-corrected chi connectivity index (χ1v) is 9.78. The molecular formula is C22H28N2O4S. The van der Waals surface area contributed by atoms with Crippen LogP contribution in [0.15, 0.2) is 23.1 Å². The predicted molar refractivity (Wildman–Crippen MR) is 116 cm³/mol. The summed E-state index contributed by atoms with van der Waals surface area (Å²) in [5, 5.41) is 9.40. The Labute approximate surface area is 177 Å². The van der Waals surface area contributed by atoms with E-state index in [1.807, 2.05) is 11.5 Å². The summed E-state index contributed by atoms with van der Waals surface area (Å²) < 4.78 is 7.92. The first kappa shape index (κ1) is 21.4. The highest BCUT2D eigenvalue weighted by molar-refractivity contribution is 7.59. The summed E-state index contributed by atoms with van der Waals surface area (Å²) in [6.45, 7) is 9.00. The van der Waals surface area contributed by atoms with Gasteiger partial charge in [-0.2, -0.15) is 13.5 Å². The zero-order valence-corrected chi connectivity index (χ0v) is 18.3. The van der Waals surface area contributed by atoms with Gasteiger partial charge in [-0.3, -0.25) is 4.79 Å². The molecule has 4 rings (SSSR count). The molecular weight excluding hydrogens is 388 g/mol. The molecule has 2 aliphatic rings. The number of ether oxygens (including phenoxy) is 1. The number of rotatable bonds is 4. The molecule has 3 heterocycles. The van der Waals surface area contributed by atoms with E-state index in [9.17, 15) is 14.7 Å². The van der Waals surface area contributed by atoms with E-state index in [1.165, 1.54) is 25.1 Å². The minimum absolute atomic E-state index is 0. The van der Waals surface area contributed by atoms with Crippen LogP contribution in [0.3, 0.4) is 0 Å². The topological polar surface area (TPSA) is 81.4 Å². The van der Waals surface area contributed by atoms with Crippen molar-refractivity contribution in [1.29, 1.82) is 0 Å². The molecule has 0 spiro atoms. The maximum absolute atomic E-state index is 12.4. The molecule has 0 aromatic carbocycles. The van der Waals surface area contributed by atoms with Crippen LogP contribution in [0.25, 0.3) is 11.4 Å². The predicted octanol–water partition coefficient (Wildman–Crippen LogP) is 3.96. The third-order valence-corrected chi connectivity index (χ3v) is 5.72. The van der Waals surface area contributed by atoms with Gasteiger partial charge >= 0.3 is 5.97 Å². The van der Waals surface area contributed by atoms with Crippen LogP contribution in [-0.2, 0) is 6.42 Å². The summed E-state index contributed by atoms with van der Waals surface area (Å²) in [5.74, 6) is 0.259. The highest BCUT2D eigenvalue weighted by atomic mass is 32.1. The first-order valence-electron chi connectivity index (χ1n) is 9.78. The second-order valence-electron chi connectivity index (χ2n) is 9.07. The van der Waals surface area contributed by atoms with E-state index < -0.39 is 11.4 Å². The van der Waals surface area contributed by atoms with Gasteiger partial charge in [0.25, 0.3) is 0 Å². The third-order valence-electron chi connectivity index (χ3n) is 5.72. The van der Waals surface area contributed by atoms with Crippen LogP contribution in [0.4, 0.5) is 0 Å². The van der Waals surface area contributed by atoms with Crippen molar-refractivity contribution in [2.75, 3.05) is 6.61 Å². The first-order chi connectivity index (χ1) is 13.1. The van der Waals surface area contributed by atoms with Gasteiger partial charge in [0.2, 0.25) is 0 Å². The normalized spacial score (nSPS) is 17.7. The zero-order valence-electron chi connectivity index (χ0n) is 17.3. The molecule has 29 heavy (non-hydrogen) atoms. The largest absolute Gasteiger partial charge is 0.491 e. The van der Waals surface area contributed by atoms with E-state index in [1.54, 1.807) is 0 Å². The summed E-state index contributed by atoms with van der Waals surface area (Å²) in [5.41, 5.74) is 2.42. The van der Waals surface area contributed by atoms with Gasteiger partial charge in [-0.05, 0) is 49.1 Å². The Morgan fingerprint density at radius 3 is 2.59 bits per heavy atom. The Kier molecular flexibility index (Phi) is 5.56. The third kappa shape index (κ3) is 4.06. The standard InChI is InChI=1S/C22H26N2O4.H2S/c1-12-18(28-11-13-5-6-13)7-14-8-19(22(2,3)4)24-10-15(21(26)27)17(25)9-16(24)20(14)23-12;/h7,9-10,13,19H,5-6,8,11H2,1-4H3,(H,26,27);1H2/t19-;/m0./s1. The maximum atomic E-state index is 12.4. The number of fused-ring (bicyclic) bond motifs is 3. The van der Waals surface area contributed by atoms with Crippen LogP contribution >= 0.6 is 13.5 Å². The monoisotopic (exact) mass is 416 g/mol. The number of aromatic nitrogens is 2. The lowest BCUT2D eigenvalue weighted by molar-refractivity contribution is 0.0693. The average molecular weight is 417 g/mol. The summed E-state index contributed by atoms with van der Waals surface area (Å²) in [7, 11) is 0. The number of carboxylic acids is 1. The molecule has 1 atom stereocenters. The fourth-order valence-electron chi connectivity index (χ4n) is 3.83. The quantitative estimate of drug-likeness (QED) is 0.816. The van der Waals surface area contributed by atoms with Crippen LogP contribution in [-0.4, -0.2) is 27.2 Å². The van der Waals surface area contributed by atoms with E-state index in [-0.39, 0.29) is 30.5 Å². The molecule has 156 valence electrons. The lowest BCUT2D eigenvalue weighted by atomic mass is 9.79. The number of carbonyl (C=O) groups is 1. The summed E-state index contributed by atoms with van der Waals surface area (Å²) in [6.07, 6.45) is 4.64. The Morgan fingerprint density at radius 1 is 1.31 bits per heavy atom. The van der Waals surface area contributed by atoms with Crippen molar-refractivity contribution in [3.05, 3.63) is 45.4 Å². The van der Waals surface area contributed by atoms with Gasteiger partial charge in [-0.25, -0.2) is 9.78 Å².